The summed E-state index contributed by atoms with van der Waals surface area (Å²) in [6, 6.07) is 4.35. The lowest BCUT2D eigenvalue weighted by molar-refractivity contribution is -0.120. The fourth-order valence-corrected chi connectivity index (χ4v) is 1.77. The minimum absolute atomic E-state index is 0.0685. The Morgan fingerprint density at radius 1 is 1.44 bits per heavy atom. The van der Waals surface area contributed by atoms with Crippen LogP contribution in [0.1, 0.15) is 5.56 Å². The first-order valence-electron chi connectivity index (χ1n) is 5.11. The Kier molecular flexibility index (Phi) is 3.05. The highest BCUT2D eigenvalue weighted by Crippen LogP contribution is 2.19. The molecule has 1 aromatic rings. The number of hydrogen-bond acceptors (Lipinski definition) is 3. The average Bonchev–Trinajstić information content (AvgIpc) is 2.28. The third-order valence-electron chi connectivity index (χ3n) is 2.53. The van der Waals surface area contributed by atoms with Gasteiger partial charge < -0.3 is 15.3 Å². The Bertz CT molecular complexity index is 409. The van der Waals surface area contributed by atoms with Gasteiger partial charge in [-0.3, -0.25) is 4.79 Å². The van der Waals surface area contributed by atoms with Crippen molar-refractivity contribution < 1.29 is 14.3 Å². The van der Waals surface area contributed by atoms with Crippen molar-refractivity contribution in [3.05, 3.63) is 29.6 Å². The van der Waals surface area contributed by atoms with Crippen molar-refractivity contribution in [2.75, 3.05) is 24.5 Å². The quantitative estimate of drug-likeness (QED) is 0.757. The van der Waals surface area contributed by atoms with Gasteiger partial charge in [-0.05, 0) is 23.8 Å². The van der Waals surface area contributed by atoms with Gasteiger partial charge in [0.05, 0.1) is 13.2 Å². The summed E-state index contributed by atoms with van der Waals surface area (Å²) < 4.78 is 13.2. The maximum atomic E-state index is 13.2. The summed E-state index contributed by atoms with van der Waals surface area (Å²) >= 11 is 0. The molecule has 0 unspecified atom stereocenters. The molecule has 1 aliphatic rings. The molecule has 2 N–H and O–H groups in total. The van der Waals surface area contributed by atoms with Crippen LogP contribution >= 0.6 is 0 Å². The summed E-state index contributed by atoms with van der Waals surface area (Å²) in [5, 5.41) is 11.7. The van der Waals surface area contributed by atoms with Crippen LogP contribution in [0.2, 0.25) is 0 Å². The number of nitrogens with zero attached hydrogens (tertiary/aromatic N) is 1. The molecule has 0 saturated carbocycles. The number of halogens is 1. The predicted octanol–water partition coefficient (Wildman–Crippen LogP) is 0.254. The van der Waals surface area contributed by atoms with Crippen LogP contribution < -0.4 is 10.2 Å². The van der Waals surface area contributed by atoms with E-state index in [0.717, 1.165) is 0 Å². The first-order chi connectivity index (χ1) is 7.69. The summed E-state index contributed by atoms with van der Waals surface area (Å²) in [5.74, 6) is -0.464. The van der Waals surface area contributed by atoms with E-state index in [1.807, 2.05) is 0 Å². The molecule has 1 fully saturated rings. The molecule has 2 rings (SSSR count). The number of piperazine rings is 1. The zero-order valence-corrected chi connectivity index (χ0v) is 8.74. The maximum Gasteiger partial charge on any atom is 0.239 e. The Labute approximate surface area is 92.7 Å². The molecule has 1 saturated heterocycles. The number of aliphatic hydroxyl groups excluding tert-OH is 1. The van der Waals surface area contributed by atoms with E-state index in [1.54, 1.807) is 11.0 Å². The van der Waals surface area contributed by atoms with Crippen LogP contribution in [0.4, 0.5) is 10.1 Å². The highest BCUT2D eigenvalue weighted by Gasteiger charge is 2.17. The number of hydrogen-bond donors (Lipinski definition) is 2. The minimum Gasteiger partial charge on any atom is -0.392 e. The molecule has 0 aromatic heterocycles. The van der Waals surface area contributed by atoms with Crippen molar-refractivity contribution in [1.82, 2.24) is 5.32 Å². The van der Waals surface area contributed by atoms with E-state index < -0.39 is 5.82 Å². The second kappa shape index (κ2) is 4.49. The third kappa shape index (κ3) is 2.30. The van der Waals surface area contributed by atoms with E-state index in [-0.39, 0.29) is 19.1 Å². The van der Waals surface area contributed by atoms with Crippen LogP contribution in [-0.4, -0.2) is 30.6 Å². The molecule has 1 amide bonds. The van der Waals surface area contributed by atoms with E-state index in [9.17, 15) is 9.18 Å². The summed E-state index contributed by atoms with van der Waals surface area (Å²) in [7, 11) is 0. The SMILES string of the molecule is O=C1CN(c2cc(F)cc(CO)c2)CCN1. The molecule has 0 radical (unpaired) electrons. The summed E-state index contributed by atoms with van der Waals surface area (Å²) in [6.45, 7) is 1.24. The molecule has 1 heterocycles. The van der Waals surface area contributed by atoms with Crippen molar-refractivity contribution >= 4 is 11.6 Å². The van der Waals surface area contributed by atoms with E-state index in [1.165, 1.54) is 12.1 Å². The van der Waals surface area contributed by atoms with Crippen LogP contribution in [0.25, 0.3) is 0 Å². The van der Waals surface area contributed by atoms with Gasteiger partial charge in [0.2, 0.25) is 5.91 Å². The van der Waals surface area contributed by atoms with E-state index in [2.05, 4.69) is 5.32 Å². The van der Waals surface area contributed by atoms with Gasteiger partial charge in [0, 0.05) is 18.8 Å². The van der Waals surface area contributed by atoms with Crippen LogP contribution in [-0.2, 0) is 11.4 Å². The lowest BCUT2D eigenvalue weighted by atomic mass is 10.1. The standard InChI is InChI=1S/C11H13FN2O2/c12-9-3-8(7-15)4-10(5-9)14-2-1-13-11(16)6-14/h3-5,15H,1-2,6-7H2,(H,13,16). The number of nitrogens with one attached hydrogen (secondary N) is 1. The molecule has 0 bridgehead atoms. The molecular weight excluding hydrogens is 211 g/mol. The molecule has 16 heavy (non-hydrogen) atoms. The lowest BCUT2D eigenvalue weighted by Crippen LogP contribution is -2.47. The highest BCUT2D eigenvalue weighted by molar-refractivity contribution is 5.82. The van der Waals surface area contributed by atoms with E-state index in [4.69, 9.17) is 5.11 Å². The van der Waals surface area contributed by atoms with Crippen molar-refractivity contribution in [3.8, 4) is 0 Å². The van der Waals surface area contributed by atoms with Gasteiger partial charge in [-0.1, -0.05) is 0 Å². The van der Waals surface area contributed by atoms with Crippen LogP contribution in [0.5, 0.6) is 0 Å². The van der Waals surface area contributed by atoms with E-state index >= 15 is 0 Å². The lowest BCUT2D eigenvalue weighted by Gasteiger charge is -2.28. The molecule has 0 atom stereocenters. The molecule has 5 heteroatoms. The number of benzene rings is 1. The number of carbonyl (C=O) groups is 1. The Balaban J connectivity index is 2.24. The molecule has 1 aliphatic heterocycles. The first kappa shape index (κ1) is 10.9. The normalized spacial score (nSPS) is 16.1. The van der Waals surface area contributed by atoms with Crippen molar-refractivity contribution in [2.24, 2.45) is 0 Å². The van der Waals surface area contributed by atoms with E-state index in [0.29, 0.717) is 24.3 Å². The highest BCUT2D eigenvalue weighted by atomic mass is 19.1. The number of amides is 1. The second-order valence-corrected chi connectivity index (χ2v) is 3.75. The summed E-state index contributed by atoms with van der Waals surface area (Å²) in [4.78, 5) is 13.0. The molecule has 0 aliphatic carbocycles. The van der Waals surface area contributed by atoms with Crippen LogP contribution in [0.3, 0.4) is 0 Å². The third-order valence-corrected chi connectivity index (χ3v) is 2.53. The van der Waals surface area contributed by atoms with Gasteiger partial charge in [0.1, 0.15) is 5.82 Å². The molecule has 4 nitrogen and oxygen atoms in total. The van der Waals surface area contributed by atoms with Gasteiger partial charge in [0.25, 0.3) is 0 Å². The first-order valence-corrected chi connectivity index (χ1v) is 5.11. The fourth-order valence-electron chi connectivity index (χ4n) is 1.77. The van der Waals surface area contributed by atoms with Gasteiger partial charge in [-0.2, -0.15) is 0 Å². The van der Waals surface area contributed by atoms with Crippen molar-refractivity contribution in [2.45, 2.75) is 6.61 Å². The Morgan fingerprint density at radius 3 is 2.94 bits per heavy atom. The number of rotatable bonds is 2. The topological polar surface area (TPSA) is 52.6 Å². The van der Waals surface area contributed by atoms with Crippen molar-refractivity contribution in [1.29, 1.82) is 0 Å². The fraction of sp³-hybridized carbons (Fsp3) is 0.364. The zero-order valence-electron chi connectivity index (χ0n) is 8.74. The minimum atomic E-state index is -0.396. The monoisotopic (exact) mass is 224 g/mol. The summed E-state index contributed by atoms with van der Waals surface area (Å²) in [5.41, 5.74) is 1.15. The van der Waals surface area contributed by atoms with Crippen LogP contribution in [0, 0.1) is 5.82 Å². The number of anilines is 1. The van der Waals surface area contributed by atoms with Gasteiger partial charge >= 0.3 is 0 Å². The molecule has 86 valence electrons. The average molecular weight is 224 g/mol. The number of aliphatic hydroxyl groups is 1. The number of carbonyl (C=O) groups excluding carboxylic acids is 1. The zero-order chi connectivity index (χ0) is 11.5. The van der Waals surface area contributed by atoms with Gasteiger partial charge in [0.15, 0.2) is 0 Å². The van der Waals surface area contributed by atoms with Crippen molar-refractivity contribution in [3.63, 3.8) is 0 Å². The molecule has 1 aromatic carbocycles. The van der Waals surface area contributed by atoms with Gasteiger partial charge in [-0.25, -0.2) is 4.39 Å². The second-order valence-electron chi connectivity index (χ2n) is 3.75. The van der Waals surface area contributed by atoms with Gasteiger partial charge in [-0.15, -0.1) is 0 Å². The smallest absolute Gasteiger partial charge is 0.239 e. The Morgan fingerprint density at radius 2 is 2.25 bits per heavy atom. The molecule has 0 spiro atoms. The Hall–Kier alpha value is -1.62. The molecular formula is C11H13FN2O2. The van der Waals surface area contributed by atoms with Crippen LogP contribution in [0.15, 0.2) is 18.2 Å². The summed E-state index contributed by atoms with van der Waals surface area (Å²) in [6.07, 6.45) is 0. The maximum absolute atomic E-state index is 13.2. The predicted molar refractivity (Wildman–Crippen MR) is 57.5 cm³/mol. The largest absolute Gasteiger partial charge is 0.392 e.